The first-order chi connectivity index (χ1) is 16.0. The van der Waals surface area contributed by atoms with E-state index in [1.807, 2.05) is 24.3 Å². The van der Waals surface area contributed by atoms with Crippen LogP contribution in [0.25, 0.3) is 0 Å². The summed E-state index contributed by atoms with van der Waals surface area (Å²) < 4.78 is 25.0. The summed E-state index contributed by atoms with van der Waals surface area (Å²) in [5, 5.41) is 0. The third-order valence-electron chi connectivity index (χ3n) is 4.74. The van der Waals surface area contributed by atoms with Gasteiger partial charge in [0, 0.05) is 36.7 Å². The van der Waals surface area contributed by atoms with Gasteiger partial charge in [-0.15, -0.1) is 23.5 Å². The monoisotopic (exact) mass is 508 g/mol. The zero-order valence-corrected chi connectivity index (χ0v) is 20.6. The molecule has 2 aliphatic rings. The summed E-state index contributed by atoms with van der Waals surface area (Å²) in [6.07, 6.45) is -1.24. The van der Waals surface area contributed by atoms with E-state index in [1.54, 1.807) is 47.8 Å². The first-order valence-corrected chi connectivity index (χ1v) is 13.1. The van der Waals surface area contributed by atoms with E-state index >= 15 is 0 Å². The van der Waals surface area contributed by atoms with Crippen molar-refractivity contribution in [3.05, 3.63) is 59.7 Å². The number of carbonyl (C=O) groups excluding carboxylic acids is 2. The van der Waals surface area contributed by atoms with Gasteiger partial charge in [-0.1, -0.05) is 36.4 Å². The van der Waals surface area contributed by atoms with Gasteiger partial charge < -0.3 is 18.9 Å². The smallest absolute Gasteiger partial charge is 0.409 e. The second-order valence-corrected chi connectivity index (χ2v) is 10.6. The van der Waals surface area contributed by atoms with E-state index in [9.17, 15) is 9.59 Å². The van der Waals surface area contributed by atoms with E-state index in [1.165, 1.54) is 22.7 Å². The van der Waals surface area contributed by atoms with Gasteiger partial charge in [0.1, 0.15) is 22.4 Å². The minimum atomic E-state index is -0.619. The molecule has 176 valence electrons. The number of hydrogen-bond acceptors (Lipinski definition) is 9. The summed E-state index contributed by atoms with van der Waals surface area (Å²) in [6.45, 7) is 1.32. The molecule has 2 heterocycles. The van der Waals surface area contributed by atoms with E-state index in [0.717, 1.165) is 34.8 Å². The molecule has 0 aromatic heterocycles. The van der Waals surface area contributed by atoms with Crippen LogP contribution in [0.15, 0.2) is 48.5 Å². The van der Waals surface area contributed by atoms with Crippen molar-refractivity contribution in [2.45, 2.75) is 10.9 Å². The standard InChI is InChI=1S/C22H24N2O6S3/c1-23(21(25)29-17-9-5-3-7-15(17)19-27-11-13-31-19)33-24(2)22(26)30-18-10-6-4-8-16(18)20-28-12-14-32-20/h3-10,19-20H,11-14H2,1-2H3. The van der Waals surface area contributed by atoms with Crippen molar-refractivity contribution in [3.63, 3.8) is 0 Å². The zero-order chi connectivity index (χ0) is 23.2. The van der Waals surface area contributed by atoms with Crippen molar-refractivity contribution in [2.24, 2.45) is 0 Å². The number of hydrogen-bond donors (Lipinski definition) is 0. The highest BCUT2D eigenvalue weighted by Crippen LogP contribution is 2.41. The Labute approximate surface area is 205 Å². The Hall–Kier alpha value is -2.05. The van der Waals surface area contributed by atoms with Gasteiger partial charge in [-0.2, -0.15) is 0 Å². The molecular formula is C22H24N2O6S3. The van der Waals surface area contributed by atoms with Gasteiger partial charge in [0.05, 0.1) is 25.3 Å². The van der Waals surface area contributed by atoms with Crippen molar-refractivity contribution in [3.8, 4) is 11.5 Å². The number of carbonyl (C=O) groups is 2. The predicted octanol–water partition coefficient (Wildman–Crippen LogP) is 5.34. The number of rotatable bonds is 6. The van der Waals surface area contributed by atoms with Gasteiger partial charge in [0.15, 0.2) is 0 Å². The van der Waals surface area contributed by atoms with E-state index in [-0.39, 0.29) is 10.9 Å². The number of benzene rings is 2. The lowest BCUT2D eigenvalue weighted by molar-refractivity contribution is 0.141. The Kier molecular flexibility index (Phi) is 8.31. The molecule has 2 amide bonds. The third-order valence-corrected chi connectivity index (χ3v) is 7.72. The van der Waals surface area contributed by atoms with Crippen molar-refractivity contribution in [1.82, 2.24) is 8.61 Å². The van der Waals surface area contributed by atoms with Gasteiger partial charge >= 0.3 is 12.2 Å². The van der Waals surface area contributed by atoms with Crippen LogP contribution >= 0.6 is 35.7 Å². The summed E-state index contributed by atoms with van der Waals surface area (Å²) in [7, 11) is 3.05. The Balaban J connectivity index is 1.35. The van der Waals surface area contributed by atoms with Crippen LogP contribution < -0.4 is 9.47 Å². The Morgan fingerprint density at radius 3 is 1.64 bits per heavy atom. The lowest BCUT2D eigenvalue weighted by Crippen LogP contribution is -2.32. The van der Waals surface area contributed by atoms with Crippen LogP contribution in [-0.2, 0) is 9.47 Å². The maximum atomic E-state index is 12.7. The maximum absolute atomic E-state index is 12.7. The average molecular weight is 509 g/mol. The molecule has 2 aromatic rings. The van der Waals surface area contributed by atoms with Gasteiger partial charge in [0.2, 0.25) is 0 Å². The van der Waals surface area contributed by atoms with E-state index < -0.39 is 12.2 Å². The van der Waals surface area contributed by atoms with Crippen LogP contribution in [0.1, 0.15) is 22.0 Å². The first-order valence-electron chi connectivity index (χ1n) is 10.3. The summed E-state index contributed by atoms with van der Waals surface area (Å²) in [5.41, 5.74) is 1.30. The molecule has 2 aromatic carbocycles. The van der Waals surface area contributed by atoms with Crippen LogP contribution in [-0.4, -0.2) is 59.6 Å². The Morgan fingerprint density at radius 2 is 1.24 bits per heavy atom. The molecule has 2 aliphatic heterocycles. The fourth-order valence-electron chi connectivity index (χ4n) is 3.18. The number of nitrogens with zero attached hydrogens (tertiary/aromatic N) is 2. The largest absolute Gasteiger partial charge is 0.426 e. The highest BCUT2D eigenvalue weighted by Gasteiger charge is 2.27. The van der Waals surface area contributed by atoms with E-state index in [4.69, 9.17) is 18.9 Å². The lowest BCUT2D eigenvalue weighted by Gasteiger charge is -2.23. The van der Waals surface area contributed by atoms with Crippen molar-refractivity contribution >= 4 is 47.8 Å². The Bertz CT molecular complexity index is 905. The zero-order valence-electron chi connectivity index (χ0n) is 18.2. The number of thioether (sulfide) groups is 2. The second-order valence-electron chi connectivity index (χ2n) is 7.04. The first kappa shape index (κ1) is 24.1. The van der Waals surface area contributed by atoms with Crippen molar-refractivity contribution < 1.29 is 28.5 Å². The average Bonchev–Trinajstić information content (AvgIpc) is 3.54. The van der Waals surface area contributed by atoms with Crippen molar-refractivity contribution in [2.75, 3.05) is 38.8 Å². The predicted molar refractivity (Wildman–Crippen MR) is 130 cm³/mol. The fraction of sp³-hybridized carbons (Fsp3) is 0.364. The molecule has 0 spiro atoms. The number of ether oxygens (including phenoxy) is 4. The quantitative estimate of drug-likeness (QED) is 0.481. The van der Waals surface area contributed by atoms with Gasteiger partial charge in [0.25, 0.3) is 0 Å². The summed E-state index contributed by atoms with van der Waals surface area (Å²) in [6, 6.07) is 14.6. The van der Waals surface area contributed by atoms with Crippen LogP contribution in [0.4, 0.5) is 9.59 Å². The highest BCUT2D eigenvalue weighted by atomic mass is 32.2. The molecule has 11 heteroatoms. The highest BCUT2D eigenvalue weighted by molar-refractivity contribution is 7.99. The fourth-order valence-corrected chi connectivity index (χ4v) is 5.70. The molecule has 0 aliphatic carbocycles. The van der Waals surface area contributed by atoms with Gasteiger partial charge in [-0.3, -0.25) is 0 Å². The van der Waals surface area contributed by atoms with E-state index in [0.29, 0.717) is 24.7 Å². The molecule has 2 unspecified atom stereocenters. The molecule has 33 heavy (non-hydrogen) atoms. The Morgan fingerprint density at radius 1 is 0.818 bits per heavy atom. The minimum Gasteiger partial charge on any atom is -0.409 e. The molecule has 0 bridgehead atoms. The molecule has 4 rings (SSSR count). The molecule has 0 N–H and O–H groups in total. The molecule has 0 radical (unpaired) electrons. The number of para-hydroxylation sites is 2. The normalized spacial score (nSPS) is 19.8. The van der Waals surface area contributed by atoms with Crippen LogP contribution in [0, 0.1) is 0 Å². The molecule has 0 saturated carbocycles. The van der Waals surface area contributed by atoms with Crippen molar-refractivity contribution in [1.29, 1.82) is 0 Å². The summed E-state index contributed by atoms with van der Waals surface area (Å²) in [5.74, 6) is 2.65. The minimum absolute atomic E-state index is 0.160. The molecule has 2 fully saturated rings. The molecule has 2 atom stereocenters. The summed E-state index contributed by atoms with van der Waals surface area (Å²) >= 11 is 4.19. The maximum Gasteiger partial charge on any atom is 0.426 e. The molecule has 8 nitrogen and oxygen atoms in total. The van der Waals surface area contributed by atoms with E-state index in [2.05, 4.69) is 0 Å². The van der Waals surface area contributed by atoms with Gasteiger partial charge in [-0.25, -0.2) is 18.2 Å². The van der Waals surface area contributed by atoms with Crippen LogP contribution in [0.2, 0.25) is 0 Å². The SMILES string of the molecule is CN(SN(C)C(=O)Oc1ccccc1C1OCCS1)C(=O)Oc1ccccc1C1OCCS1. The van der Waals surface area contributed by atoms with Crippen LogP contribution in [0.5, 0.6) is 11.5 Å². The lowest BCUT2D eigenvalue weighted by atomic mass is 10.2. The number of amides is 2. The second kappa shape index (κ2) is 11.4. The molecule has 2 saturated heterocycles. The third kappa shape index (κ3) is 6.10. The van der Waals surface area contributed by atoms with Gasteiger partial charge in [-0.05, 0) is 12.1 Å². The summed E-state index contributed by atoms with van der Waals surface area (Å²) in [4.78, 5) is 25.3. The molecular weight excluding hydrogens is 484 g/mol. The topological polar surface area (TPSA) is 77.5 Å². The van der Waals surface area contributed by atoms with Crippen LogP contribution in [0.3, 0.4) is 0 Å².